The topological polar surface area (TPSA) is 49.4 Å². The largest absolute Gasteiger partial charge is 0.324 e. The Hall–Kier alpha value is -1.84. The van der Waals surface area contributed by atoms with Gasteiger partial charge in [-0.2, -0.15) is 0 Å². The lowest BCUT2D eigenvalue weighted by molar-refractivity contribution is -0.125. The first-order valence-electron chi connectivity index (χ1n) is 6.95. The highest BCUT2D eigenvalue weighted by atomic mass is 16.2. The third-order valence-electron chi connectivity index (χ3n) is 4.63. The number of urea groups is 1. The molecule has 1 atom stereocenters. The summed E-state index contributed by atoms with van der Waals surface area (Å²) < 4.78 is 0. The molecular weight excluding hydrogens is 252 g/mol. The second-order valence-electron chi connectivity index (χ2n) is 6.94. The van der Waals surface area contributed by atoms with Gasteiger partial charge in [-0.1, -0.05) is 39.0 Å². The fraction of sp³-hybridized carbons (Fsp3) is 0.500. The summed E-state index contributed by atoms with van der Waals surface area (Å²) >= 11 is 0. The van der Waals surface area contributed by atoms with Crippen molar-refractivity contribution in [2.75, 3.05) is 7.05 Å². The number of nitrogens with zero attached hydrogens (tertiary/aromatic N) is 1. The van der Waals surface area contributed by atoms with Gasteiger partial charge >= 0.3 is 6.03 Å². The molecule has 4 heteroatoms. The van der Waals surface area contributed by atoms with Gasteiger partial charge < -0.3 is 4.90 Å². The first-order chi connectivity index (χ1) is 9.24. The molecule has 1 aliphatic heterocycles. The van der Waals surface area contributed by atoms with Gasteiger partial charge in [0, 0.05) is 19.9 Å². The fourth-order valence-corrected chi connectivity index (χ4v) is 3.16. The zero-order valence-corrected chi connectivity index (χ0v) is 12.4. The number of amides is 3. The maximum absolute atomic E-state index is 12.2. The summed E-state index contributed by atoms with van der Waals surface area (Å²) in [7, 11) is 1.71. The number of fused-ring (bicyclic) bond motifs is 1. The zero-order chi connectivity index (χ0) is 14.7. The van der Waals surface area contributed by atoms with Crippen LogP contribution in [0.1, 0.15) is 37.5 Å². The summed E-state index contributed by atoms with van der Waals surface area (Å²) in [5.41, 5.74) is 3.00. The maximum Gasteiger partial charge on any atom is 0.324 e. The number of hydrogen-bond donors (Lipinski definition) is 1. The van der Waals surface area contributed by atoms with Crippen LogP contribution in [0.3, 0.4) is 0 Å². The predicted molar refractivity (Wildman–Crippen MR) is 76.6 cm³/mol. The first-order valence-corrected chi connectivity index (χ1v) is 6.95. The Morgan fingerprint density at radius 2 is 1.80 bits per heavy atom. The predicted octanol–water partition coefficient (Wildman–Crippen LogP) is 2.00. The molecule has 4 nitrogen and oxygen atoms in total. The monoisotopic (exact) mass is 272 g/mol. The van der Waals surface area contributed by atoms with E-state index < -0.39 is 5.54 Å². The van der Waals surface area contributed by atoms with E-state index in [9.17, 15) is 9.59 Å². The lowest BCUT2D eigenvalue weighted by Crippen LogP contribution is -2.48. The molecule has 0 radical (unpaired) electrons. The molecule has 3 rings (SSSR count). The summed E-state index contributed by atoms with van der Waals surface area (Å²) in [5, 5.41) is 2.43. The average Bonchev–Trinajstić information content (AvgIpc) is 2.83. The van der Waals surface area contributed by atoms with Gasteiger partial charge in [0.05, 0.1) is 0 Å². The van der Waals surface area contributed by atoms with Gasteiger partial charge in [-0.05, 0) is 22.1 Å². The molecule has 1 saturated heterocycles. The summed E-state index contributed by atoms with van der Waals surface area (Å²) in [6.07, 6.45) is 1.22. The van der Waals surface area contributed by atoms with E-state index >= 15 is 0 Å². The van der Waals surface area contributed by atoms with Crippen LogP contribution in [-0.4, -0.2) is 29.4 Å². The Labute approximate surface area is 119 Å². The number of carbonyl (C=O) groups is 2. The smallest absolute Gasteiger partial charge is 0.312 e. The SMILES string of the molecule is CN1C(=O)NC(=O)C12Cc1ccc(C(C)(C)C)cc1C2. The van der Waals surface area contributed by atoms with Crippen molar-refractivity contribution in [1.29, 1.82) is 0 Å². The Bertz CT molecular complexity index is 615. The number of benzene rings is 1. The molecule has 1 unspecified atom stereocenters. The number of likely N-dealkylation sites (N-methyl/N-ethyl adjacent to an activating group) is 1. The number of nitrogens with one attached hydrogen (secondary N) is 1. The van der Waals surface area contributed by atoms with Crippen molar-refractivity contribution < 1.29 is 9.59 Å². The van der Waals surface area contributed by atoms with E-state index in [1.54, 1.807) is 11.9 Å². The van der Waals surface area contributed by atoms with Crippen molar-refractivity contribution >= 4 is 11.9 Å². The highest BCUT2D eigenvalue weighted by Crippen LogP contribution is 2.38. The molecule has 1 fully saturated rings. The van der Waals surface area contributed by atoms with Gasteiger partial charge in [0.15, 0.2) is 0 Å². The molecule has 0 bridgehead atoms. The minimum Gasteiger partial charge on any atom is -0.312 e. The van der Waals surface area contributed by atoms with Gasteiger partial charge in [0.1, 0.15) is 5.54 Å². The van der Waals surface area contributed by atoms with E-state index in [1.807, 2.05) is 0 Å². The molecule has 0 saturated carbocycles. The van der Waals surface area contributed by atoms with Gasteiger partial charge in [-0.15, -0.1) is 0 Å². The van der Waals surface area contributed by atoms with Crippen LogP contribution in [0.15, 0.2) is 18.2 Å². The Morgan fingerprint density at radius 1 is 1.15 bits per heavy atom. The van der Waals surface area contributed by atoms with Crippen LogP contribution < -0.4 is 5.32 Å². The van der Waals surface area contributed by atoms with E-state index in [-0.39, 0.29) is 17.4 Å². The number of carbonyl (C=O) groups excluding carboxylic acids is 2. The third kappa shape index (κ3) is 1.67. The molecule has 1 aliphatic carbocycles. The zero-order valence-electron chi connectivity index (χ0n) is 12.4. The summed E-state index contributed by atoms with van der Waals surface area (Å²) in [6, 6.07) is 6.13. The second-order valence-corrected chi connectivity index (χ2v) is 6.94. The van der Waals surface area contributed by atoms with Crippen molar-refractivity contribution in [3.63, 3.8) is 0 Å². The highest BCUT2D eigenvalue weighted by molar-refractivity contribution is 6.07. The lowest BCUT2D eigenvalue weighted by Gasteiger charge is -2.27. The number of hydrogen-bond acceptors (Lipinski definition) is 2. The fourth-order valence-electron chi connectivity index (χ4n) is 3.16. The van der Waals surface area contributed by atoms with Crippen LogP contribution in [0.25, 0.3) is 0 Å². The highest BCUT2D eigenvalue weighted by Gasteiger charge is 2.54. The van der Waals surface area contributed by atoms with E-state index in [4.69, 9.17) is 0 Å². The van der Waals surface area contributed by atoms with Crippen LogP contribution in [0.4, 0.5) is 4.79 Å². The molecule has 0 aromatic heterocycles. The maximum atomic E-state index is 12.2. The third-order valence-corrected chi connectivity index (χ3v) is 4.63. The molecule has 2 aliphatic rings. The van der Waals surface area contributed by atoms with Gasteiger partial charge in [-0.3, -0.25) is 10.1 Å². The minimum atomic E-state index is -0.712. The summed E-state index contributed by atoms with van der Waals surface area (Å²) in [5.74, 6) is -0.168. The van der Waals surface area contributed by atoms with E-state index in [1.165, 1.54) is 16.7 Å². The van der Waals surface area contributed by atoms with E-state index in [0.717, 1.165) is 0 Å². The molecule has 1 spiro atoms. The van der Waals surface area contributed by atoms with E-state index in [0.29, 0.717) is 12.8 Å². The Balaban J connectivity index is 2.01. The summed E-state index contributed by atoms with van der Waals surface area (Å²) in [6.45, 7) is 6.53. The molecule has 1 aromatic carbocycles. The number of rotatable bonds is 0. The molecular formula is C16H20N2O2. The standard InChI is InChI=1S/C16H20N2O2/c1-15(2,3)12-6-5-10-8-16(9-11(10)7-12)13(19)17-14(20)18(16)4/h5-7H,8-9H2,1-4H3,(H,17,19,20). The summed E-state index contributed by atoms with van der Waals surface area (Å²) in [4.78, 5) is 25.5. The first kappa shape index (κ1) is 13.2. The van der Waals surface area contributed by atoms with E-state index in [2.05, 4.69) is 44.3 Å². The van der Waals surface area contributed by atoms with Crippen molar-refractivity contribution in [1.82, 2.24) is 10.2 Å². The van der Waals surface area contributed by atoms with Crippen LogP contribution in [-0.2, 0) is 23.1 Å². The molecule has 1 N–H and O–H groups in total. The molecule has 1 heterocycles. The van der Waals surface area contributed by atoms with Crippen molar-refractivity contribution in [2.24, 2.45) is 0 Å². The molecule has 20 heavy (non-hydrogen) atoms. The number of imide groups is 1. The molecule has 1 aromatic rings. The van der Waals surface area contributed by atoms with Gasteiger partial charge in [0.25, 0.3) is 5.91 Å². The Morgan fingerprint density at radius 3 is 2.35 bits per heavy atom. The second kappa shape index (κ2) is 3.84. The van der Waals surface area contributed by atoms with Crippen molar-refractivity contribution in [3.05, 3.63) is 34.9 Å². The van der Waals surface area contributed by atoms with Crippen molar-refractivity contribution in [2.45, 2.75) is 44.6 Å². The molecule has 106 valence electrons. The van der Waals surface area contributed by atoms with Crippen LogP contribution in [0.5, 0.6) is 0 Å². The normalized spacial score (nSPS) is 25.3. The molecule has 3 amide bonds. The van der Waals surface area contributed by atoms with Crippen LogP contribution in [0.2, 0.25) is 0 Å². The Kier molecular flexibility index (Phi) is 2.53. The minimum absolute atomic E-state index is 0.0877. The lowest BCUT2D eigenvalue weighted by atomic mass is 9.85. The van der Waals surface area contributed by atoms with Crippen LogP contribution >= 0.6 is 0 Å². The van der Waals surface area contributed by atoms with Crippen LogP contribution in [0, 0.1) is 0 Å². The van der Waals surface area contributed by atoms with Gasteiger partial charge in [-0.25, -0.2) is 4.79 Å². The van der Waals surface area contributed by atoms with Crippen molar-refractivity contribution in [3.8, 4) is 0 Å². The quantitative estimate of drug-likeness (QED) is 0.734. The average molecular weight is 272 g/mol. The van der Waals surface area contributed by atoms with Gasteiger partial charge in [0.2, 0.25) is 0 Å².